The van der Waals surface area contributed by atoms with E-state index in [1.165, 1.54) is 82.8 Å². The Hall–Kier alpha value is -2.76. The zero-order valence-electron chi connectivity index (χ0n) is 46.6. The van der Waals surface area contributed by atoms with Crippen molar-refractivity contribution in [1.29, 1.82) is 0 Å². The van der Waals surface area contributed by atoms with Crippen LogP contribution in [0.2, 0.25) is 0 Å². The number of ketones is 2. The number of hydrogen-bond acceptors (Lipinski definition) is 3. The molecule has 0 aromatic heterocycles. The van der Waals surface area contributed by atoms with Crippen LogP contribution < -0.4 is 0 Å². The van der Waals surface area contributed by atoms with E-state index in [-0.39, 0.29) is 40.1 Å². The van der Waals surface area contributed by atoms with Crippen molar-refractivity contribution in [2.45, 2.75) is 225 Å². The van der Waals surface area contributed by atoms with Crippen LogP contribution >= 0.6 is 0 Å². The van der Waals surface area contributed by atoms with Crippen LogP contribution in [0.1, 0.15) is 225 Å². The van der Waals surface area contributed by atoms with Crippen LogP contribution in [0.5, 0.6) is 0 Å². The maximum Gasteiger partial charge on any atom is 0.137 e. The molecule has 8 aliphatic carbocycles. The molecule has 0 amide bonds. The van der Waals surface area contributed by atoms with Crippen LogP contribution in [-0.4, -0.2) is 17.9 Å². The lowest BCUT2D eigenvalue weighted by atomic mass is 9.59. The van der Waals surface area contributed by atoms with Crippen LogP contribution in [-0.2, 0) is 14.4 Å². The number of fused-ring (bicyclic) bond motifs is 4. The Labute approximate surface area is 426 Å². The number of halogens is 3. The van der Waals surface area contributed by atoms with E-state index in [9.17, 15) is 27.6 Å². The summed E-state index contributed by atoms with van der Waals surface area (Å²) in [4.78, 5) is 34.7. The van der Waals surface area contributed by atoms with E-state index in [0.29, 0.717) is 52.5 Å². The first kappa shape index (κ1) is 58.1. The van der Waals surface area contributed by atoms with Gasteiger partial charge in [-0.3, -0.25) is 9.59 Å². The summed E-state index contributed by atoms with van der Waals surface area (Å²) in [7, 11) is 0. The second kappa shape index (κ2) is 25.0. The predicted octanol–water partition coefficient (Wildman–Crippen LogP) is 18.9. The van der Waals surface area contributed by atoms with Crippen molar-refractivity contribution in [3.63, 3.8) is 0 Å². The molecular formula is C64H99F3O3. The lowest BCUT2D eigenvalue weighted by Crippen LogP contribution is -2.38. The van der Waals surface area contributed by atoms with Gasteiger partial charge in [-0.15, -0.1) is 0 Å². The third-order valence-corrected chi connectivity index (χ3v) is 20.7. The summed E-state index contributed by atoms with van der Waals surface area (Å²) in [6.07, 6.45) is 36.1. The predicted molar refractivity (Wildman–Crippen MR) is 287 cm³/mol. The minimum absolute atomic E-state index is 0.0152. The molecule has 0 bridgehead atoms. The highest BCUT2D eigenvalue weighted by Gasteiger charge is 2.52. The van der Waals surface area contributed by atoms with Crippen molar-refractivity contribution < 1.29 is 27.6 Å². The summed E-state index contributed by atoms with van der Waals surface area (Å²) in [5, 5.41) is 0. The first-order valence-electron chi connectivity index (χ1n) is 28.5. The molecule has 0 radical (unpaired) electrons. The molecule has 0 spiro atoms. The number of hydrogen-bond donors (Lipinski definition) is 0. The van der Waals surface area contributed by atoms with Crippen molar-refractivity contribution in [3.05, 3.63) is 70.7 Å². The largest absolute Gasteiger partial charge is 0.303 e. The van der Waals surface area contributed by atoms with Gasteiger partial charge in [0.05, 0.1) is 17.5 Å². The monoisotopic (exact) mass is 973 g/mol. The fourth-order valence-corrected chi connectivity index (χ4v) is 16.8. The summed E-state index contributed by atoms with van der Waals surface area (Å²) >= 11 is 0. The second-order valence-electron chi connectivity index (χ2n) is 25.5. The van der Waals surface area contributed by atoms with E-state index in [4.69, 9.17) is 0 Å². The van der Waals surface area contributed by atoms with Gasteiger partial charge in [0, 0.05) is 31.1 Å². The molecule has 0 aliphatic heterocycles. The van der Waals surface area contributed by atoms with Crippen LogP contribution in [0.3, 0.4) is 0 Å². The molecule has 0 aromatic carbocycles. The van der Waals surface area contributed by atoms with Crippen molar-refractivity contribution in [2.75, 3.05) is 0 Å². The Kier molecular flexibility index (Phi) is 20.7. The number of aldehydes is 1. The van der Waals surface area contributed by atoms with E-state index in [2.05, 4.69) is 87.5 Å². The normalized spacial score (nSPS) is 37.7. The molecule has 394 valence electrons. The molecule has 6 heteroatoms. The maximum atomic E-state index is 12.9. The Morgan fingerprint density at radius 2 is 0.971 bits per heavy atom. The number of allylic oxidation sites excluding steroid dienone is 12. The molecule has 15 atom stereocenters. The van der Waals surface area contributed by atoms with E-state index < -0.39 is 0 Å². The molecule has 70 heavy (non-hydrogen) atoms. The summed E-state index contributed by atoms with van der Waals surface area (Å²) in [5.41, 5.74) is 5.39. The number of carbonyl (C=O) groups excluding carboxylic acids is 3. The molecule has 0 heterocycles. The maximum absolute atomic E-state index is 12.9. The smallest absolute Gasteiger partial charge is 0.137 e. The van der Waals surface area contributed by atoms with Gasteiger partial charge < -0.3 is 4.79 Å². The highest BCUT2D eigenvalue weighted by atomic mass is 19.1. The Bertz CT molecular complexity index is 1910. The second-order valence-corrected chi connectivity index (χ2v) is 25.5. The third kappa shape index (κ3) is 13.1. The number of carbonyl (C=O) groups is 3. The first-order valence-corrected chi connectivity index (χ1v) is 28.5. The van der Waals surface area contributed by atoms with Crippen LogP contribution in [0.25, 0.3) is 0 Å². The Balaban J connectivity index is 0.000000174. The molecule has 3 nitrogen and oxygen atoms in total. The summed E-state index contributed by atoms with van der Waals surface area (Å²) < 4.78 is 38.6. The van der Waals surface area contributed by atoms with Crippen molar-refractivity contribution >= 4 is 17.9 Å². The quantitative estimate of drug-likeness (QED) is 0.145. The van der Waals surface area contributed by atoms with Gasteiger partial charge in [-0.25, -0.2) is 13.2 Å². The minimum atomic E-state index is -0.109. The van der Waals surface area contributed by atoms with E-state index in [1.807, 2.05) is 0 Å². The zero-order chi connectivity index (χ0) is 51.8. The van der Waals surface area contributed by atoms with Gasteiger partial charge in [0.2, 0.25) is 0 Å². The average molecular weight is 973 g/mol. The molecule has 0 aromatic rings. The zero-order valence-corrected chi connectivity index (χ0v) is 46.6. The van der Waals surface area contributed by atoms with Crippen LogP contribution in [0.15, 0.2) is 70.7 Å². The minimum Gasteiger partial charge on any atom is -0.303 e. The Morgan fingerprint density at radius 3 is 1.46 bits per heavy atom. The van der Waals surface area contributed by atoms with Crippen molar-refractivity contribution in [1.82, 2.24) is 0 Å². The van der Waals surface area contributed by atoms with Gasteiger partial charge >= 0.3 is 0 Å². The van der Waals surface area contributed by atoms with Crippen LogP contribution in [0.4, 0.5) is 13.2 Å². The van der Waals surface area contributed by atoms with Gasteiger partial charge in [-0.05, 0) is 186 Å². The van der Waals surface area contributed by atoms with Gasteiger partial charge in [0.15, 0.2) is 0 Å². The Morgan fingerprint density at radius 1 is 0.557 bits per heavy atom. The number of rotatable bonds is 12. The van der Waals surface area contributed by atoms with Crippen molar-refractivity contribution in [2.24, 2.45) is 86.8 Å². The molecule has 5 fully saturated rings. The molecule has 5 saturated carbocycles. The highest BCUT2D eigenvalue weighted by Crippen LogP contribution is 2.61. The summed E-state index contributed by atoms with van der Waals surface area (Å²) in [5.74, 6) is 7.12. The average Bonchev–Trinajstić information content (AvgIpc) is 4.05. The fourth-order valence-electron chi connectivity index (χ4n) is 16.8. The highest BCUT2D eigenvalue weighted by molar-refractivity contribution is 5.84. The van der Waals surface area contributed by atoms with Gasteiger partial charge in [0.25, 0.3) is 0 Å². The number of Topliss-reactive ketones (excluding diaryl/α,β-unsaturated/α-hetero) is 2. The van der Waals surface area contributed by atoms with Crippen molar-refractivity contribution in [3.8, 4) is 0 Å². The molecule has 1 unspecified atom stereocenters. The van der Waals surface area contributed by atoms with Gasteiger partial charge in [-0.1, -0.05) is 148 Å². The molecule has 8 rings (SSSR count). The topological polar surface area (TPSA) is 51.2 Å². The standard InChI is InChI=1S/C17H29F.2C16H23FO.C15H24O/c1-12-6-5-11-17(4)15(12)9-10-16(17)13(2)7-8-14(3)18;2*1-11(6-7-12(2)17)13-8-9-14-15(18)5-4-10-16(13,14)3;1-11-5-4-9-15(3)13(11)6-7-14(15)12(2)8-10-16/h8,12-13,15-16H,5-7,9-11H2,1-4H3;2*7-8,11,14H,4-6,9-10H2,1-3H3;7,10-13H,4-6,8-9H2,1-3H3/b;12-7+;12-7-;/t12-,13+,15-,16?,17-;2*11-,14+,16-;11-,12+,13-,15-/m0110/s1. The molecular weight excluding hydrogens is 874 g/mol. The summed E-state index contributed by atoms with van der Waals surface area (Å²) in [6, 6.07) is 0. The summed E-state index contributed by atoms with van der Waals surface area (Å²) in [6.45, 7) is 27.7. The molecule has 8 aliphatic rings. The third-order valence-electron chi connectivity index (χ3n) is 20.7. The molecule has 0 N–H and O–H groups in total. The lowest BCUT2D eigenvalue weighted by molar-refractivity contribution is -0.128. The van der Waals surface area contributed by atoms with E-state index in [0.717, 1.165) is 107 Å². The SMILES string of the molecule is C/C(F)=C/C[C@@H](C)C1=CC[C@H]2C(=O)CCC[C@]12C.C/C(F)=C\C[C@@H](C)C1=CC[C@H]2C(=O)CCC[C@]12C.CC(F)=CC[C@@H](C)C1CC[C@H]2[C@@H](C)CCC[C@]12C.C[C@H](CC=O)C1=CC[C@H]2[C@@H](C)CCC[C@]12C. The van der Waals surface area contributed by atoms with E-state index in [1.54, 1.807) is 30.7 Å². The molecule has 0 saturated heterocycles. The fraction of sp³-hybridized carbons (Fsp3) is 0.766. The van der Waals surface area contributed by atoms with Gasteiger partial charge in [-0.2, -0.15) is 0 Å². The lowest BCUT2D eigenvalue weighted by Gasteiger charge is -2.46. The van der Waals surface area contributed by atoms with E-state index >= 15 is 0 Å². The van der Waals surface area contributed by atoms with Crippen LogP contribution in [0, 0.1) is 86.8 Å². The first-order chi connectivity index (χ1) is 32.9. The van der Waals surface area contributed by atoms with Gasteiger partial charge in [0.1, 0.15) is 17.9 Å².